The van der Waals surface area contributed by atoms with Crippen molar-refractivity contribution in [3.63, 3.8) is 0 Å². The number of anilines is 1. The van der Waals surface area contributed by atoms with Gasteiger partial charge in [-0.15, -0.1) is 0 Å². The maximum absolute atomic E-state index is 12.3. The minimum atomic E-state index is -0.631. The van der Waals surface area contributed by atoms with Gasteiger partial charge in [0.1, 0.15) is 17.2 Å². The van der Waals surface area contributed by atoms with E-state index in [0.29, 0.717) is 24.0 Å². The molecule has 1 amide bonds. The molecule has 2 aromatic rings. The molecule has 2 aromatic carbocycles. The molecule has 0 heterocycles. The van der Waals surface area contributed by atoms with Gasteiger partial charge >= 0.3 is 0 Å². The van der Waals surface area contributed by atoms with Crippen LogP contribution in [0.5, 0.6) is 17.2 Å². The van der Waals surface area contributed by atoms with Crippen molar-refractivity contribution in [3.05, 3.63) is 48.5 Å². The van der Waals surface area contributed by atoms with Crippen molar-refractivity contribution in [2.24, 2.45) is 5.92 Å². The van der Waals surface area contributed by atoms with Gasteiger partial charge in [0.25, 0.3) is 5.91 Å². The first-order valence-electron chi connectivity index (χ1n) is 8.32. The Morgan fingerprint density at radius 1 is 1.00 bits per heavy atom. The normalized spacial score (nSPS) is 11.7. The van der Waals surface area contributed by atoms with E-state index >= 15 is 0 Å². The molecule has 5 heteroatoms. The van der Waals surface area contributed by atoms with Gasteiger partial charge in [0.05, 0.1) is 13.7 Å². The van der Waals surface area contributed by atoms with Gasteiger partial charge in [-0.3, -0.25) is 4.79 Å². The van der Waals surface area contributed by atoms with Crippen molar-refractivity contribution in [1.82, 2.24) is 0 Å². The summed E-state index contributed by atoms with van der Waals surface area (Å²) < 4.78 is 16.4. The van der Waals surface area contributed by atoms with Gasteiger partial charge in [-0.05, 0) is 49.2 Å². The Balaban J connectivity index is 1.92. The van der Waals surface area contributed by atoms with Crippen LogP contribution >= 0.6 is 0 Å². The van der Waals surface area contributed by atoms with E-state index in [0.717, 1.165) is 11.5 Å². The number of methoxy groups -OCH3 is 1. The van der Waals surface area contributed by atoms with Crippen LogP contribution in [0.3, 0.4) is 0 Å². The van der Waals surface area contributed by atoms with E-state index < -0.39 is 6.10 Å². The Morgan fingerprint density at radius 3 is 2.32 bits per heavy atom. The third kappa shape index (κ3) is 6.03. The maximum atomic E-state index is 12.3. The predicted octanol–water partition coefficient (Wildman–Crippen LogP) is 4.14. The standard InChI is InChI=1S/C20H25NO4/c1-14(2)13-24-19-7-5-6-16(12-19)21-20(22)15(3)25-18-10-8-17(23-4)9-11-18/h5-12,14-15H,13H2,1-4H3,(H,21,22). The van der Waals surface area contributed by atoms with Crippen LogP contribution in [0.1, 0.15) is 20.8 Å². The van der Waals surface area contributed by atoms with E-state index in [1.165, 1.54) is 0 Å². The first-order chi connectivity index (χ1) is 12.0. The van der Waals surface area contributed by atoms with Gasteiger partial charge in [0, 0.05) is 11.8 Å². The molecule has 0 saturated carbocycles. The summed E-state index contributed by atoms with van der Waals surface area (Å²) in [6.45, 7) is 6.51. The maximum Gasteiger partial charge on any atom is 0.265 e. The highest BCUT2D eigenvalue weighted by molar-refractivity contribution is 5.94. The summed E-state index contributed by atoms with van der Waals surface area (Å²) in [5.74, 6) is 2.29. The largest absolute Gasteiger partial charge is 0.497 e. The van der Waals surface area contributed by atoms with E-state index in [4.69, 9.17) is 14.2 Å². The van der Waals surface area contributed by atoms with Crippen LogP contribution in [0.2, 0.25) is 0 Å². The summed E-state index contributed by atoms with van der Waals surface area (Å²) in [7, 11) is 1.60. The van der Waals surface area contributed by atoms with Crippen molar-refractivity contribution < 1.29 is 19.0 Å². The van der Waals surface area contributed by atoms with Gasteiger partial charge in [-0.2, -0.15) is 0 Å². The fourth-order valence-electron chi connectivity index (χ4n) is 2.08. The lowest BCUT2D eigenvalue weighted by molar-refractivity contribution is -0.122. The van der Waals surface area contributed by atoms with Gasteiger partial charge in [0.2, 0.25) is 0 Å². The van der Waals surface area contributed by atoms with E-state index in [1.54, 1.807) is 44.4 Å². The van der Waals surface area contributed by atoms with Crippen molar-refractivity contribution in [2.45, 2.75) is 26.9 Å². The lowest BCUT2D eigenvalue weighted by Crippen LogP contribution is -2.30. The summed E-state index contributed by atoms with van der Waals surface area (Å²) in [6.07, 6.45) is -0.631. The molecule has 25 heavy (non-hydrogen) atoms. The molecule has 0 aliphatic heterocycles. The van der Waals surface area contributed by atoms with E-state index in [-0.39, 0.29) is 5.91 Å². The quantitative estimate of drug-likeness (QED) is 0.783. The number of benzene rings is 2. The monoisotopic (exact) mass is 343 g/mol. The van der Waals surface area contributed by atoms with Crippen LogP contribution < -0.4 is 19.5 Å². The molecule has 5 nitrogen and oxygen atoms in total. The number of carbonyl (C=O) groups is 1. The van der Waals surface area contributed by atoms with E-state index in [1.807, 2.05) is 18.2 Å². The average Bonchev–Trinajstić information content (AvgIpc) is 2.61. The smallest absolute Gasteiger partial charge is 0.265 e. The van der Waals surface area contributed by atoms with Crippen LogP contribution in [0.25, 0.3) is 0 Å². The fourth-order valence-corrected chi connectivity index (χ4v) is 2.08. The summed E-state index contributed by atoms with van der Waals surface area (Å²) >= 11 is 0. The highest BCUT2D eigenvalue weighted by Crippen LogP contribution is 2.20. The van der Waals surface area contributed by atoms with Gasteiger partial charge < -0.3 is 19.5 Å². The molecular weight excluding hydrogens is 318 g/mol. The molecule has 0 aliphatic carbocycles. The molecule has 0 bridgehead atoms. The molecule has 0 saturated heterocycles. The molecule has 1 N–H and O–H groups in total. The molecule has 1 atom stereocenters. The summed E-state index contributed by atoms with van der Waals surface area (Å²) in [4.78, 5) is 12.3. The summed E-state index contributed by atoms with van der Waals surface area (Å²) in [5.41, 5.74) is 0.677. The first kappa shape index (κ1) is 18.6. The summed E-state index contributed by atoms with van der Waals surface area (Å²) in [6, 6.07) is 14.5. The Hall–Kier alpha value is -2.69. The topological polar surface area (TPSA) is 56.8 Å². The zero-order valence-corrected chi connectivity index (χ0v) is 15.1. The SMILES string of the molecule is COc1ccc(OC(C)C(=O)Nc2cccc(OCC(C)C)c2)cc1. The zero-order chi connectivity index (χ0) is 18.2. The number of carbonyl (C=O) groups excluding carboxylic acids is 1. The highest BCUT2D eigenvalue weighted by Gasteiger charge is 2.15. The minimum Gasteiger partial charge on any atom is -0.497 e. The van der Waals surface area contributed by atoms with E-state index in [9.17, 15) is 4.79 Å². The fraction of sp³-hybridized carbons (Fsp3) is 0.350. The predicted molar refractivity (Wildman–Crippen MR) is 98.5 cm³/mol. The molecule has 134 valence electrons. The molecule has 0 aromatic heterocycles. The van der Waals surface area contributed by atoms with Gasteiger partial charge in [0.15, 0.2) is 6.10 Å². The average molecular weight is 343 g/mol. The Morgan fingerprint density at radius 2 is 1.68 bits per heavy atom. The number of hydrogen-bond acceptors (Lipinski definition) is 4. The lowest BCUT2D eigenvalue weighted by atomic mass is 10.2. The molecule has 0 fully saturated rings. The van der Waals surface area contributed by atoms with Crippen LogP contribution in [0.15, 0.2) is 48.5 Å². The Kier molecular flexibility index (Phi) is 6.69. The van der Waals surface area contributed by atoms with Crippen LogP contribution in [0.4, 0.5) is 5.69 Å². The third-order valence-electron chi connectivity index (χ3n) is 3.43. The molecular formula is C20H25NO4. The number of rotatable bonds is 8. The first-order valence-corrected chi connectivity index (χ1v) is 8.32. The van der Waals surface area contributed by atoms with Crippen molar-refractivity contribution in [3.8, 4) is 17.2 Å². The van der Waals surface area contributed by atoms with Crippen molar-refractivity contribution in [2.75, 3.05) is 19.0 Å². The third-order valence-corrected chi connectivity index (χ3v) is 3.43. The molecule has 2 rings (SSSR count). The second-order valence-corrected chi connectivity index (χ2v) is 6.16. The summed E-state index contributed by atoms with van der Waals surface area (Å²) in [5, 5.41) is 2.84. The van der Waals surface area contributed by atoms with Crippen LogP contribution in [0, 0.1) is 5.92 Å². The number of nitrogens with one attached hydrogen (secondary N) is 1. The Bertz CT molecular complexity index is 682. The number of ether oxygens (including phenoxy) is 3. The molecule has 1 unspecified atom stereocenters. The number of hydrogen-bond donors (Lipinski definition) is 1. The van der Waals surface area contributed by atoms with Crippen molar-refractivity contribution in [1.29, 1.82) is 0 Å². The Labute approximate surface area is 148 Å². The molecule has 0 aliphatic rings. The van der Waals surface area contributed by atoms with Gasteiger partial charge in [-0.25, -0.2) is 0 Å². The molecule has 0 radical (unpaired) electrons. The van der Waals surface area contributed by atoms with Crippen molar-refractivity contribution >= 4 is 11.6 Å². The zero-order valence-electron chi connectivity index (χ0n) is 15.1. The van der Waals surface area contributed by atoms with Crippen LogP contribution in [-0.4, -0.2) is 25.7 Å². The second kappa shape index (κ2) is 8.97. The van der Waals surface area contributed by atoms with E-state index in [2.05, 4.69) is 19.2 Å². The molecule has 0 spiro atoms. The number of amides is 1. The lowest BCUT2D eigenvalue weighted by Gasteiger charge is -2.15. The second-order valence-electron chi connectivity index (χ2n) is 6.16. The highest BCUT2D eigenvalue weighted by atomic mass is 16.5. The van der Waals surface area contributed by atoms with Gasteiger partial charge in [-0.1, -0.05) is 19.9 Å². The van der Waals surface area contributed by atoms with Crippen LogP contribution in [-0.2, 0) is 4.79 Å². The minimum absolute atomic E-state index is 0.225.